The van der Waals surface area contributed by atoms with Crippen molar-refractivity contribution in [2.75, 3.05) is 18.0 Å². The van der Waals surface area contributed by atoms with Crippen molar-refractivity contribution < 1.29 is 5.21 Å². The normalized spacial score (nSPS) is 11.9. The minimum Gasteiger partial charge on any atom is -0.409 e. The summed E-state index contributed by atoms with van der Waals surface area (Å²) in [5.74, 6) is 0.766. The first kappa shape index (κ1) is 13.4. The minimum absolute atomic E-state index is 0.142. The molecule has 0 bridgehead atoms. The van der Waals surface area contributed by atoms with Crippen LogP contribution in [0.25, 0.3) is 0 Å². The molecule has 0 fully saturated rings. The Labute approximate surface area is 103 Å². The molecule has 4 nitrogen and oxygen atoms in total. The lowest BCUT2D eigenvalue weighted by atomic mass is 10.1. The molecule has 0 saturated heterocycles. The van der Waals surface area contributed by atoms with Gasteiger partial charge in [-0.2, -0.15) is 0 Å². The average Bonchev–Trinajstić information content (AvgIpc) is 2.35. The Balaban J connectivity index is 2.85. The molecule has 0 radical (unpaired) electrons. The van der Waals surface area contributed by atoms with E-state index in [9.17, 15) is 0 Å². The second kappa shape index (κ2) is 6.13. The number of hydrogen-bond donors (Lipinski definition) is 2. The lowest BCUT2D eigenvalue weighted by molar-refractivity contribution is 0.318. The fourth-order valence-electron chi connectivity index (χ4n) is 1.76. The highest BCUT2D eigenvalue weighted by molar-refractivity contribution is 5.97. The molecule has 0 aromatic heterocycles. The maximum absolute atomic E-state index is 8.58. The summed E-state index contributed by atoms with van der Waals surface area (Å²) in [6.45, 7) is 8.54. The number of oxime groups is 1. The van der Waals surface area contributed by atoms with E-state index < -0.39 is 0 Å². The molecule has 94 valence electrons. The molecule has 0 amide bonds. The Morgan fingerprint density at radius 1 is 1.35 bits per heavy atom. The van der Waals surface area contributed by atoms with Crippen molar-refractivity contribution in [2.24, 2.45) is 16.8 Å². The summed E-state index contributed by atoms with van der Waals surface area (Å²) in [7, 11) is 0. The van der Waals surface area contributed by atoms with Gasteiger partial charge in [-0.3, -0.25) is 0 Å². The van der Waals surface area contributed by atoms with E-state index >= 15 is 0 Å². The van der Waals surface area contributed by atoms with E-state index in [-0.39, 0.29) is 5.84 Å². The van der Waals surface area contributed by atoms with Crippen LogP contribution in [0, 0.1) is 5.92 Å². The highest BCUT2D eigenvalue weighted by Crippen LogP contribution is 2.16. The number of rotatable bonds is 5. The average molecular weight is 235 g/mol. The van der Waals surface area contributed by atoms with Crippen LogP contribution in [-0.4, -0.2) is 24.1 Å². The summed E-state index contributed by atoms with van der Waals surface area (Å²) in [4.78, 5) is 2.31. The van der Waals surface area contributed by atoms with Gasteiger partial charge in [0, 0.05) is 24.3 Å². The molecule has 0 aliphatic rings. The van der Waals surface area contributed by atoms with E-state index in [1.54, 1.807) is 0 Å². The number of amidine groups is 1. The third-order valence-electron chi connectivity index (χ3n) is 2.60. The van der Waals surface area contributed by atoms with Crippen LogP contribution in [0.3, 0.4) is 0 Å². The summed E-state index contributed by atoms with van der Waals surface area (Å²) in [6.07, 6.45) is 0. The standard InChI is InChI=1S/C13H21N3O/c1-4-16(9-10(2)3)12-7-5-11(6-8-12)13(14)15-17/h5-8,10,17H,4,9H2,1-3H3,(H2,14,15). The van der Waals surface area contributed by atoms with Crippen LogP contribution < -0.4 is 10.6 Å². The molecule has 0 aliphatic heterocycles. The van der Waals surface area contributed by atoms with Gasteiger partial charge >= 0.3 is 0 Å². The molecule has 1 aromatic rings. The van der Waals surface area contributed by atoms with Gasteiger partial charge in [-0.1, -0.05) is 19.0 Å². The highest BCUT2D eigenvalue weighted by atomic mass is 16.4. The second-order valence-corrected chi connectivity index (χ2v) is 4.46. The molecule has 1 rings (SSSR count). The quantitative estimate of drug-likeness (QED) is 0.356. The van der Waals surface area contributed by atoms with Crippen LogP contribution in [0.15, 0.2) is 29.4 Å². The summed E-state index contributed by atoms with van der Waals surface area (Å²) >= 11 is 0. The van der Waals surface area contributed by atoms with Crippen molar-refractivity contribution in [1.82, 2.24) is 0 Å². The smallest absolute Gasteiger partial charge is 0.170 e. The van der Waals surface area contributed by atoms with Gasteiger partial charge in [-0.05, 0) is 37.1 Å². The van der Waals surface area contributed by atoms with Crippen molar-refractivity contribution in [3.63, 3.8) is 0 Å². The number of nitrogens with zero attached hydrogens (tertiary/aromatic N) is 2. The fourth-order valence-corrected chi connectivity index (χ4v) is 1.76. The number of benzene rings is 1. The monoisotopic (exact) mass is 235 g/mol. The van der Waals surface area contributed by atoms with Crippen molar-refractivity contribution in [3.05, 3.63) is 29.8 Å². The second-order valence-electron chi connectivity index (χ2n) is 4.46. The highest BCUT2D eigenvalue weighted by Gasteiger charge is 2.07. The Morgan fingerprint density at radius 2 is 1.94 bits per heavy atom. The zero-order valence-electron chi connectivity index (χ0n) is 10.7. The van der Waals surface area contributed by atoms with E-state index in [2.05, 4.69) is 30.8 Å². The van der Waals surface area contributed by atoms with Gasteiger partial charge in [-0.25, -0.2) is 0 Å². The van der Waals surface area contributed by atoms with Crippen LogP contribution in [0.4, 0.5) is 5.69 Å². The molecule has 0 spiro atoms. The van der Waals surface area contributed by atoms with Crippen molar-refractivity contribution in [2.45, 2.75) is 20.8 Å². The van der Waals surface area contributed by atoms with Crippen molar-refractivity contribution >= 4 is 11.5 Å². The third-order valence-corrected chi connectivity index (χ3v) is 2.60. The Morgan fingerprint density at radius 3 is 2.35 bits per heavy atom. The fraction of sp³-hybridized carbons (Fsp3) is 0.462. The maximum atomic E-state index is 8.58. The van der Waals surface area contributed by atoms with Crippen molar-refractivity contribution in [3.8, 4) is 0 Å². The van der Waals surface area contributed by atoms with Gasteiger partial charge in [0.25, 0.3) is 0 Å². The van der Waals surface area contributed by atoms with Gasteiger partial charge in [0.1, 0.15) is 0 Å². The predicted molar refractivity (Wildman–Crippen MR) is 71.7 cm³/mol. The van der Waals surface area contributed by atoms with Crippen LogP contribution in [0.1, 0.15) is 26.3 Å². The summed E-state index contributed by atoms with van der Waals surface area (Å²) in [5.41, 5.74) is 7.42. The molecule has 0 unspecified atom stereocenters. The molecule has 4 heteroatoms. The summed E-state index contributed by atoms with van der Waals surface area (Å²) in [5, 5.41) is 11.6. The van der Waals surface area contributed by atoms with Gasteiger partial charge in [0.2, 0.25) is 0 Å². The van der Waals surface area contributed by atoms with Crippen molar-refractivity contribution in [1.29, 1.82) is 0 Å². The Bertz CT molecular complexity index is 371. The third kappa shape index (κ3) is 3.66. The van der Waals surface area contributed by atoms with E-state index in [0.717, 1.165) is 24.3 Å². The van der Waals surface area contributed by atoms with Crippen LogP contribution >= 0.6 is 0 Å². The van der Waals surface area contributed by atoms with Gasteiger partial charge in [-0.15, -0.1) is 0 Å². The SMILES string of the molecule is CCN(CC(C)C)c1ccc(/C(N)=N/O)cc1. The lowest BCUT2D eigenvalue weighted by Crippen LogP contribution is -2.27. The molecular formula is C13H21N3O. The Kier molecular flexibility index (Phi) is 4.82. The van der Waals surface area contributed by atoms with E-state index in [1.165, 1.54) is 0 Å². The molecule has 3 N–H and O–H groups in total. The van der Waals surface area contributed by atoms with E-state index in [0.29, 0.717) is 5.92 Å². The van der Waals surface area contributed by atoms with Gasteiger partial charge in [0.15, 0.2) is 5.84 Å². The topological polar surface area (TPSA) is 61.8 Å². The molecule has 17 heavy (non-hydrogen) atoms. The first-order chi connectivity index (χ1) is 8.08. The van der Waals surface area contributed by atoms with Crippen LogP contribution in [-0.2, 0) is 0 Å². The zero-order valence-corrected chi connectivity index (χ0v) is 10.7. The molecular weight excluding hydrogens is 214 g/mol. The molecule has 1 aromatic carbocycles. The number of nitrogens with two attached hydrogens (primary N) is 1. The minimum atomic E-state index is 0.142. The van der Waals surface area contributed by atoms with E-state index in [1.807, 2.05) is 24.3 Å². The van der Waals surface area contributed by atoms with Gasteiger partial charge in [0.05, 0.1) is 0 Å². The predicted octanol–water partition coefficient (Wildman–Crippen LogP) is 2.26. The first-order valence-electron chi connectivity index (χ1n) is 5.91. The molecule has 0 atom stereocenters. The summed E-state index contributed by atoms with van der Waals surface area (Å²) in [6, 6.07) is 7.74. The maximum Gasteiger partial charge on any atom is 0.170 e. The summed E-state index contributed by atoms with van der Waals surface area (Å²) < 4.78 is 0. The first-order valence-corrected chi connectivity index (χ1v) is 5.91. The largest absolute Gasteiger partial charge is 0.409 e. The molecule has 0 saturated carbocycles. The lowest BCUT2D eigenvalue weighted by Gasteiger charge is -2.25. The molecule has 0 heterocycles. The number of hydrogen-bond acceptors (Lipinski definition) is 3. The number of anilines is 1. The van der Waals surface area contributed by atoms with Crippen LogP contribution in [0.2, 0.25) is 0 Å². The van der Waals surface area contributed by atoms with Crippen LogP contribution in [0.5, 0.6) is 0 Å². The zero-order chi connectivity index (χ0) is 12.8. The Hall–Kier alpha value is -1.71. The van der Waals surface area contributed by atoms with Gasteiger partial charge < -0.3 is 15.8 Å². The van der Waals surface area contributed by atoms with E-state index in [4.69, 9.17) is 10.9 Å². The molecule has 0 aliphatic carbocycles.